The minimum absolute atomic E-state index is 0.174. The first-order chi connectivity index (χ1) is 6.86. The maximum absolute atomic E-state index is 9.76. The Morgan fingerprint density at radius 1 is 1.14 bits per heavy atom. The van der Waals surface area contributed by atoms with Crippen molar-refractivity contribution in [3.8, 4) is 0 Å². The first-order valence-corrected chi connectivity index (χ1v) is 5.42. The molecule has 4 nitrogen and oxygen atoms in total. The summed E-state index contributed by atoms with van der Waals surface area (Å²) < 4.78 is 10.7. The molecule has 0 aliphatic carbocycles. The van der Waals surface area contributed by atoms with Gasteiger partial charge >= 0.3 is 0 Å². The van der Waals surface area contributed by atoms with Crippen molar-refractivity contribution in [1.82, 2.24) is 4.90 Å². The van der Waals surface area contributed by atoms with Gasteiger partial charge in [0.2, 0.25) is 0 Å². The van der Waals surface area contributed by atoms with E-state index >= 15 is 0 Å². The number of aliphatic hydroxyl groups excluding tert-OH is 1. The number of aliphatic hydroxyl groups is 1. The van der Waals surface area contributed by atoms with E-state index in [1.54, 1.807) is 0 Å². The van der Waals surface area contributed by atoms with Gasteiger partial charge in [0.05, 0.1) is 25.9 Å². The lowest BCUT2D eigenvalue weighted by molar-refractivity contribution is -0.0572. The molecule has 0 amide bonds. The Bertz CT molecular complexity index is 171. The third-order valence-corrected chi connectivity index (χ3v) is 3.03. The van der Waals surface area contributed by atoms with Crippen molar-refractivity contribution >= 4 is 0 Å². The van der Waals surface area contributed by atoms with Crippen molar-refractivity contribution in [2.45, 2.75) is 12.5 Å². The van der Waals surface area contributed by atoms with E-state index in [4.69, 9.17) is 9.47 Å². The molecule has 0 radical (unpaired) electrons. The summed E-state index contributed by atoms with van der Waals surface area (Å²) in [5, 5.41) is 9.76. The summed E-state index contributed by atoms with van der Waals surface area (Å²) in [6, 6.07) is 0. The lowest BCUT2D eigenvalue weighted by Gasteiger charge is -2.34. The van der Waals surface area contributed by atoms with Gasteiger partial charge in [-0.15, -0.1) is 0 Å². The lowest BCUT2D eigenvalue weighted by atomic mass is 9.98. The highest BCUT2D eigenvalue weighted by atomic mass is 16.5. The smallest absolute Gasteiger partial charge is 0.0624 e. The van der Waals surface area contributed by atoms with Crippen LogP contribution in [0.15, 0.2) is 0 Å². The molecule has 4 heteroatoms. The van der Waals surface area contributed by atoms with Gasteiger partial charge in [-0.1, -0.05) is 0 Å². The van der Waals surface area contributed by atoms with Crippen LogP contribution >= 0.6 is 0 Å². The van der Waals surface area contributed by atoms with Crippen molar-refractivity contribution in [2.75, 3.05) is 46.1 Å². The third-order valence-electron chi connectivity index (χ3n) is 3.03. The molecular weight excluding hydrogens is 182 g/mol. The molecule has 0 aromatic carbocycles. The van der Waals surface area contributed by atoms with E-state index in [1.165, 1.54) is 0 Å². The zero-order chi connectivity index (χ0) is 9.80. The van der Waals surface area contributed by atoms with Gasteiger partial charge in [0, 0.05) is 32.2 Å². The number of hydrogen-bond donors (Lipinski definition) is 1. The van der Waals surface area contributed by atoms with Crippen LogP contribution in [0.1, 0.15) is 6.42 Å². The Morgan fingerprint density at radius 3 is 2.64 bits per heavy atom. The largest absolute Gasteiger partial charge is 0.393 e. The fourth-order valence-corrected chi connectivity index (χ4v) is 2.08. The van der Waals surface area contributed by atoms with E-state index in [9.17, 15) is 5.11 Å². The van der Waals surface area contributed by atoms with E-state index in [0.717, 1.165) is 39.3 Å². The molecule has 0 aromatic heterocycles. The van der Waals surface area contributed by atoms with Gasteiger partial charge in [-0.25, -0.2) is 0 Å². The summed E-state index contributed by atoms with van der Waals surface area (Å²) >= 11 is 0. The summed E-state index contributed by atoms with van der Waals surface area (Å²) in [5.41, 5.74) is 0. The van der Waals surface area contributed by atoms with Gasteiger partial charge in [0.25, 0.3) is 0 Å². The topological polar surface area (TPSA) is 41.9 Å². The minimum atomic E-state index is -0.174. The number of ether oxygens (including phenoxy) is 2. The third kappa shape index (κ3) is 2.67. The van der Waals surface area contributed by atoms with Gasteiger partial charge in [-0.05, 0) is 6.42 Å². The summed E-state index contributed by atoms with van der Waals surface area (Å²) in [6.07, 6.45) is 0.612. The predicted octanol–water partition coefficient (Wildman–Crippen LogP) is -0.284. The van der Waals surface area contributed by atoms with Crippen LogP contribution in [0, 0.1) is 5.92 Å². The molecule has 2 saturated heterocycles. The molecule has 1 N–H and O–H groups in total. The number of hydrogen-bond acceptors (Lipinski definition) is 4. The fraction of sp³-hybridized carbons (Fsp3) is 1.00. The highest BCUT2D eigenvalue weighted by Gasteiger charge is 2.26. The van der Waals surface area contributed by atoms with E-state index < -0.39 is 0 Å². The molecule has 2 fully saturated rings. The Hall–Kier alpha value is -0.160. The normalized spacial score (nSPS) is 35.8. The summed E-state index contributed by atoms with van der Waals surface area (Å²) in [7, 11) is 0. The first-order valence-electron chi connectivity index (χ1n) is 5.42. The van der Waals surface area contributed by atoms with Crippen molar-refractivity contribution in [3.05, 3.63) is 0 Å². The Kier molecular flexibility index (Phi) is 3.75. The number of rotatable bonds is 2. The summed E-state index contributed by atoms with van der Waals surface area (Å²) in [5.74, 6) is 0.293. The minimum Gasteiger partial charge on any atom is -0.393 e. The maximum Gasteiger partial charge on any atom is 0.0624 e. The van der Waals surface area contributed by atoms with E-state index in [0.29, 0.717) is 19.1 Å². The second-order valence-corrected chi connectivity index (χ2v) is 4.10. The summed E-state index contributed by atoms with van der Waals surface area (Å²) in [4.78, 5) is 2.35. The highest BCUT2D eigenvalue weighted by Crippen LogP contribution is 2.16. The van der Waals surface area contributed by atoms with Crippen molar-refractivity contribution in [3.63, 3.8) is 0 Å². The molecule has 0 spiro atoms. The molecule has 0 bridgehead atoms. The standard InChI is InChI=1S/C10H19NO3/c12-10-1-4-14-8-9(10)7-11-2-5-13-6-3-11/h9-10,12H,1-8H2. The molecule has 2 aliphatic rings. The van der Waals surface area contributed by atoms with E-state index in [2.05, 4.69) is 4.90 Å². The van der Waals surface area contributed by atoms with Crippen molar-refractivity contribution < 1.29 is 14.6 Å². The zero-order valence-electron chi connectivity index (χ0n) is 8.52. The second kappa shape index (κ2) is 5.07. The zero-order valence-corrected chi connectivity index (χ0v) is 8.52. The molecular formula is C10H19NO3. The molecule has 2 atom stereocenters. The Balaban J connectivity index is 1.76. The van der Waals surface area contributed by atoms with Crippen LogP contribution in [0.3, 0.4) is 0 Å². The Morgan fingerprint density at radius 2 is 1.93 bits per heavy atom. The predicted molar refractivity (Wildman–Crippen MR) is 52.2 cm³/mol. The maximum atomic E-state index is 9.76. The second-order valence-electron chi connectivity index (χ2n) is 4.10. The summed E-state index contributed by atoms with van der Waals surface area (Å²) in [6.45, 7) is 5.99. The van der Waals surface area contributed by atoms with E-state index in [-0.39, 0.29) is 6.10 Å². The molecule has 82 valence electrons. The van der Waals surface area contributed by atoms with Crippen molar-refractivity contribution in [1.29, 1.82) is 0 Å². The lowest BCUT2D eigenvalue weighted by Crippen LogP contribution is -2.45. The van der Waals surface area contributed by atoms with Crippen LogP contribution in [-0.2, 0) is 9.47 Å². The van der Waals surface area contributed by atoms with Gasteiger partial charge in [0.15, 0.2) is 0 Å². The van der Waals surface area contributed by atoms with Crippen LogP contribution in [0.25, 0.3) is 0 Å². The highest BCUT2D eigenvalue weighted by molar-refractivity contribution is 4.77. The van der Waals surface area contributed by atoms with Crippen LogP contribution in [0.4, 0.5) is 0 Å². The van der Waals surface area contributed by atoms with Gasteiger partial charge in [0.1, 0.15) is 0 Å². The SMILES string of the molecule is OC1CCOCC1CN1CCOCC1. The fourth-order valence-electron chi connectivity index (χ4n) is 2.08. The van der Waals surface area contributed by atoms with Crippen molar-refractivity contribution in [2.24, 2.45) is 5.92 Å². The van der Waals surface area contributed by atoms with Crippen LogP contribution in [0.2, 0.25) is 0 Å². The molecule has 14 heavy (non-hydrogen) atoms. The molecule has 0 saturated carbocycles. The molecule has 2 rings (SSSR count). The van der Waals surface area contributed by atoms with Gasteiger partial charge < -0.3 is 14.6 Å². The average Bonchev–Trinajstić information content (AvgIpc) is 2.23. The quantitative estimate of drug-likeness (QED) is 0.667. The van der Waals surface area contributed by atoms with Gasteiger partial charge in [-0.2, -0.15) is 0 Å². The Labute approximate surface area is 84.8 Å². The van der Waals surface area contributed by atoms with Gasteiger partial charge in [-0.3, -0.25) is 4.90 Å². The number of nitrogens with zero attached hydrogens (tertiary/aromatic N) is 1. The average molecular weight is 201 g/mol. The first kappa shape index (κ1) is 10.4. The molecule has 2 heterocycles. The van der Waals surface area contributed by atoms with E-state index in [1.807, 2.05) is 0 Å². The molecule has 0 aromatic rings. The molecule has 2 aliphatic heterocycles. The van der Waals surface area contributed by atoms with Crippen LogP contribution in [-0.4, -0.2) is 62.2 Å². The number of morpholine rings is 1. The van der Waals surface area contributed by atoms with Crippen LogP contribution < -0.4 is 0 Å². The monoisotopic (exact) mass is 201 g/mol. The van der Waals surface area contributed by atoms with Crippen LogP contribution in [0.5, 0.6) is 0 Å². The molecule has 2 unspecified atom stereocenters.